The number of esters is 1. The summed E-state index contributed by atoms with van der Waals surface area (Å²) in [5.74, 6) is -0.754. The average Bonchev–Trinajstić information content (AvgIpc) is 2.93. The number of ketones is 1. The van der Waals surface area contributed by atoms with Gasteiger partial charge in [0.25, 0.3) is 0 Å². The molecule has 19 heavy (non-hydrogen) atoms. The Morgan fingerprint density at radius 3 is 3.00 bits per heavy atom. The molecule has 0 atom stereocenters. The smallest absolute Gasteiger partial charge is 0.347 e. The van der Waals surface area contributed by atoms with Crippen LogP contribution in [-0.2, 0) is 25.6 Å². The van der Waals surface area contributed by atoms with Crippen molar-refractivity contribution in [2.24, 2.45) is 0 Å². The molecule has 0 amide bonds. The first kappa shape index (κ1) is 13.6. The Hall–Kier alpha value is -1.82. The van der Waals surface area contributed by atoms with Gasteiger partial charge in [0, 0.05) is 4.88 Å². The molecule has 0 bridgehead atoms. The van der Waals surface area contributed by atoms with Crippen LogP contribution in [0.3, 0.4) is 0 Å². The van der Waals surface area contributed by atoms with E-state index in [4.69, 9.17) is 9.47 Å². The minimum atomic E-state index is -0.629. The summed E-state index contributed by atoms with van der Waals surface area (Å²) < 4.78 is 10.1. The predicted molar refractivity (Wildman–Crippen MR) is 70.5 cm³/mol. The molecule has 1 aliphatic heterocycles. The van der Waals surface area contributed by atoms with E-state index in [1.54, 1.807) is 18.3 Å². The van der Waals surface area contributed by atoms with Crippen LogP contribution in [0, 0.1) is 6.92 Å². The molecule has 2 rings (SSSR count). The highest BCUT2D eigenvalue weighted by Crippen LogP contribution is 2.19. The highest BCUT2D eigenvalue weighted by molar-refractivity contribution is 7.10. The van der Waals surface area contributed by atoms with Crippen molar-refractivity contribution in [2.45, 2.75) is 20.4 Å². The molecule has 1 N–H and O–H groups in total. The second-order valence-electron chi connectivity index (χ2n) is 4.02. The number of ether oxygens (including phenoxy) is 2. The van der Waals surface area contributed by atoms with Gasteiger partial charge in [-0.2, -0.15) is 0 Å². The van der Waals surface area contributed by atoms with E-state index in [1.165, 1.54) is 5.56 Å². The molecule has 1 aromatic rings. The number of rotatable bonds is 5. The van der Waals surface area contributed by atoms with Gasteiger partial charge in [-0.3, -0.25) is 4.79 Å². The Bertz CT molecular complexity index is 533. The number of carbonyl (C=O) groups excluding carboxylic acids is 2. The second kappa shape index (κ2) is 5.88. The van der Waals surface area contributed by atoms with E-state index in [2.05, 4.69) is 5.32 Å². The first-order valence-electron chi connectivity index (χ1n) is 5.97. The molecular weight excluding hydrogens is 266 g/mol. The quantitative estimate of drug-likeness (QED) is 0.655. The molecule has 0 aromatic carbocycles. The normalized spacial score (nSPS) is 14.5. The Kier molecular flexibility index (Phi) is 4.21. The lowest BCUT2D eigenvalue weighted by atomic mass is 10.2. The van der Waals surface area contributed by atoms with E-state index >= 15 is 0 Å². The van der Waals surface area contributed by atoms with Gasteiger partial charge in [-0.05, 0) is 30.9 Å². The third-order valence-electron chi connectivity index (χ3n) is 2.71. The van der Waals surface area contributed by atoms with Crippen LogP contribution in [0.1, 0.15) is 17.4 Å². The van der Waals surface area contributed by atoms with E-state index in [-0.39, 0.29) is 30.5 Å². The molecule has 0 unspecified atom stereocenters. The summed E-state index contributed by atoms with van der Waals surface area (Å²) in [6, 6.07) is 2.02. The Morgan fingerprint density at radius 1 is 1.58 bits per heavy atom. The largest absolute Gasteiger partial charge is 0.470 e. The van der Waals surface area contributed by atoms with Crippen molar-refractivity contribution < 1.29 is 19.1 Å². The molecule has 0 spiro atoms. The topological polar surface area (TPSA) is 64.6 Å². The zero-order valence-corrected chi connectivity index (χ0v) is 11.6. The van der Waals surface area contributed by atoms with Crippen molar-refractivity contribution in [3.05, 3.63) is 33.3 Å². The third kappa shape index (κ3) is 2.96. The molecule has 0 radical (unpaired) electrons. The van der Waals surface area contributed by atoms with E-state index in [0.717, 1.165) is 4.88 Å². The average molecular weight is 281 g/mol. The fraction of sp³-hybridized carbons (Fsp3) is 0.385. The van der Waals surface area contributed by atoms with Crippen molar-refractivity contribution >= 4 is 23.1 Å². The summed E-state index contributed by atoms with van der Waals surface area (Å²) in [6.07, 6.45) is 0. The molecule has 6 heteroatoms. The molecule has 102 valence electrons. The molecular formula is C13H15NO4S. The predicted octanol–water partition coefficient (Wildman–Crippen LogP) is 1.52. The number of Topliss-reactive ketones (excluding diaryl/α,β-unsaturated/α-hetero) is 1. The monoisotopic (exact) mass is 281 g/mol. The number of hydrogen-bond acceptors (Lipinski definition) is 6. The van der Waals surface area contributed by atoms with Crippen molar-refractivity contribution in [2.75, 3.05) is 13.2 Å². The number of carbonyl (C=O) groups is 2. The Balaban J connectivity index is 2.10. The minimum Gasteiger partial charge on any atom is -0.470 e. The van der Waals surface area contributed by atoms with E-state index in [0.29, 0.717) is 6.54 Å². The Labute approximate surface area is 115 Å². The van der Waals surface area contributed by atoms with Crippen LogP contribution >= 0.6 is 11.3 Å². The van der Waals surface area contributed by atoms with Gasteiger partial charge in [-0.15, -0.1) is 11.3 Å². The summed E-state index contributed by atoms with van der Waals surface area (Å²) in [7, 11) is 0. The minimum absolute atomic E-state index is 0.0175. The van der Waals surface area contributed by atoms with Crippen LogP contribution in [0.5, 0.6) is 0 Å². The van der Waals surface area contributed by atoms with Crippen LogP contribution in [-0.4, -0.2) is 25.0 Å². The molecule has 2 heterocycles. The first-order valence-corrected chi connectivity index (χ1v) is 6.85. The molecule has 0 saturated heterocycles. The lowest BCUT2D eigenvalue weighted by Crippen LogP contribution is -2.19. The SMILES string of the molecule is CCOC(=O)C1=C(NCc2sccc2C)OCC1=O. The van der Waals surface area contributed by atoms with Gasteiger partial charge in [-0.1, -0.05) is 0 Å². The van der Waals surface area contributed by atoms with Crippen molar-refractivity contribution in [3.63, 3.8) is 0 Å². The molecule has 0 saturated carbocycles. The lowest BCUT2D eigenvalue weighted by Gasteiger charge is -2.08. The number of nitrogens with one attached hydrogen (secondary N) is 1. The lowest BCUT2D eigenvalue weighted by molar-refractivity contribution is -0.139. The van der Waals surface area contributed by atoms with Gasteiger partial charge >= 0.3 is 5.97 Å². The maximum Gasteiger partial charge on any atom is 0.347 e. The number of aryl methyl sites for hydroxylation is 1. The van der Waals surface area contributed by atoms with Crippen LogP contribution in [0.2, 0.25) is 0 Å². The molecule has 1 aromatic heterocycles. The molecule has 0 fully saturated rings. The van der Waals surface area contributed by atoms with E-state index < -0.39 is 5.97 Å². The summed E-state index contributed by atoms with van der Waals surface area (Å²) in [6.45, 7) is 4.34. The highest BCUT2D eigenvalue weighted by atomic mass is 32.1. The number of thiophene rings is 1. The van der Waals surface area contributed by atoms with Gasteiger partial charge < -0.3 is 14.8 Å². The van der Waals surface area contributed by atoms with Crippen LogP contribution in [0.15, 0.2) is 22.9 Å². The third-order valence-corrected chi connectivity index (χ3v) is 3.73. The van der Waals surface area contributed by atoms with Crippen LogP contribution in [0.4, 0.5) is 0 Å². The van der Waals surface area contributed by atoms with E-state index in [1.807, 2.05) is 18.4 Å². The maximum atomic E-state index is 11.7. The van der Waals surface area contributed by atoms with Gasteiger partial charge in [0.15, 0.2) is 12.2 Å². The first-order chi connectivity index (χ1) is 9.13. The zero-order valence-electron chi connectivity index (χ0n) is 10.8. The fourth-order valence-corrected chi connectivity index (χ4v) is 2.55. The second-order valence-corrected chi connectivity index (χ2v) is 5.02. The zero-order chi connectivity index (χ0) is 13.8. The molecule has 1 aliphatic rings. The van der Waals surface area contributed by atoms with Crippen LogP contribution in [0.25, 0.3) is 0 Å². The maximum absolute atomic E-state index is 11.7. The van der Waals surface area contributed by atoms with Gasteiger partial charge in [0.2, 0.25) is 11.7 Å². The van der Waals surface area contributed by atoms with Gasteiger partial charge in [0.1, 0.15) is 0 Å². The Morgan fingerprint density at radius 2 is 2.37 bits per heavy atom. The molecule has 5 nitrogen and oxygen atoms in total. The fourth-order valence-electron chi connectivity index (χ4n) is 1.70. The standard InChI is InChI=1S/C13H15NO4S/c1-3-17-13(16)11-9(15)7-18-12(11)14-6-10-8(2)4-5-19-10/h4-5,14H,3,6-7H2,1-2H3. The van der Waals surface area contributed by atoms with E-state index in [9.17, 15) is 9.59 Å². The van der Waals surface area contributed by atoms with Crippen molar-refractivity contribution in [1.29, 1.82) is 0 Å². The molecule has 0 aliphatic carbocycles. The summed E-state index contributed by atoms with van der Waals surface area (Å²) in [4.78, 5) is 24.4. The van der Waals surface area contributed by atoms with Crippen molar-refractivity contribution in [3.8, 4) is 0 Å². The number of hydrogen-bond donors (Lipinski definition) is 1. The summed E-state index contributed by atoms with van der Waals surface area (Å²) >= 11 is 1.61. The highest BCUT2D eigenvalue weighted by Gasteiger charge is 2.32. The van der Waals surface area contributed by atoms with Crippen LogP contribution < -0.4 is 5.32 Å². The summed E-state index contributed by atoms with van der Waals surface area (Å²) in [5, 5.41) is 4.98. The van der Waals surface area contributed by atoms with Gasteiger partial charge in [-0.25, -0.2) is 4.79 Å². The van der Waals surface area contributed by atoms with Crippen molar-refractivity contribution in [1.82, 2.24) is 5.32 Å². The summed E-state index contributed by atoms with van der Waals surface area (Å²) in [5.41, 5.74) is 1.15. The van der Waals surface area contributed by atoms with Gasteiger partial charge in [0.05, 0.1) is 13.2 Å².